The highest BCUT2D eigenvalue weighted by molar-refractivity contribution is 6.01. The number of hydrogen-bond acceptors (Lipinski definition) is 4. The van der Waals surface area contributed by atoms with E-state index in [2.05, 4.69) is 51.9 Å². The standard InChI is InChI=1S/C24H23N5O/c1-16(2)17-7-6-10-19(13-17)27-23-21-12-11-20(14-22(21)25-15-26-23)29-24(30)28-18-8-4-3-5-9-18/h3-16H,1-2H3,(H,25,26,27)(H2,28,29,30). The number of aromatic nitrogens is 2. The number of fused-ring (bicyclic) bond motifs is 1. The zero-order chi connectivity index (χ0) is 20.9. The third-order valence-corrected chi connectivity index (χ3v) is 4.74. The van der Waals surface area contributed by atoms with Crippen molar-refractivity contribution >= 4 is 39.8 Å². The van der Waals surface area contributed by atoms with Gasteiger partial charge in [-0.1, -0.05) is 44.2 Å². The summed E-state index contributed by atoms with van der Waals surface area (Å²) in [6, 6.07) is 22.9. The van der Waals surface area contributed by atoms with Crippen LogP contribution in [0.2, 0.25) is 0 Å². The van der Waals surface area contributed by atoms with Crippen LogP contribution in [0.25, 0.3) is 10.9 Å². The van der Waals surface area contributed by atoms with Gasteiger partial charge in [0.25, 0.3) is 0 Å². The average molecular weight is 397 g/mol. The van der Waals surface area contributed by atoms with Gasteiger partial charge in [-0.05, 0) is 53.9 Å². The van der Waals surface area contributed by atoms with Crippen molar-refractivity contribution in [3.63, 3.8) is 0 Å². The predicted molar refractivity (Wildman–Crippen MR) is 122 cm³/mol. The van der Waals surface area contributed by atoms with Crippen molar-refractivity contribution < 1.29 is 4.79 Å². The van der Waals surface area contributed by atoms with Crippen LogP contribution in [-0.4, -0.2) is 16.0 Å². The molecule has 6 heteroatoms. The van der Waals surface area contributed by atoms with Crippen LogP contribution >= 0.6 is 0 Å². The Kier molecular flexibility index (Phi) is 5.57. The Labute approximate surface area is 175 Å². The molecule has 2 amide bonds. The minimum Gasteiger partial charge on any atom is -0.340 e. The Hall–Kier alpha value is -3.93. The van der Waals surface area contributed by atoms with Gasteiger partial charge >= 0.3 is 6.03 Å². The number of benzene rings is 3. The number of hydrogen-bond donors (Lipinski definition) is 3. The van der Waals surface area contributed by atoms with E-state index in [0.29, 0.717) is 11.6 Å². The summed E-state index contributed by atoms with van der Waals surface area (Å²) < 4.78 is 0. The highest BCUT2D eigenvalue weighted by atomic mass is 16.2. The van der Waals surface area contributed by atoms with Crippen molar-refractivity contribution in [1.82, 2.24) is 9.97 Å². The molecule has 6 nitrogen and oxygen atoms in total. The first-order valence-corrected chi connectivity index (χ1v) is 9.83. The normalized spacial score (nSPS) is 10.8. The molecule has 0 aliphatic carbocycles. The molecule has 0 aliphatic rings. The number of nitrogens with one attached hydrogen (secondary N) is 3. The molecule has 4 aromatic rings. The fraction of sp³-hybridized carbons (Fsp3) is 0.125. The summed E-state index contributed by atoms with van der Waals surface area (Å²) in [4.78, 5) is 21.0. The molecule has 0 atom stereocenters. The maximum absolute atomic E-state index is 12.2. The first-order valence-electron chi connectivity index (χ1n) is 9.83. The molecule has 3 aromatic carbocycles. The molecule has 0 spiro atoms. The smallest absolute Gasteiger partial charge is 0.323 e. The molecule has 0 aliphatic heterocycles. The summed E-state index contributed by atoms with van der Waals surface area (Å²) in [5.74, 6) is 1.17. The molecular weight excluding hydrogens is 374 g/mol. The summed E-state index contributed by atoms with van der Waals surface area (Å²) in [7, 11) is 0. The summed E-state index contributed by atoms with van der Waals surface area (Å²) >= 11 is 0. The fourth-order valence-electron chi connectivity index (χ4n) is 3.16. The molecule has 0 saturated heterocycles. The van der Waals surface area contributed by atoms with Crippen LogP contribution in [0.15, 0.2) is 79.1 Å². The average Bonchev–Trinajstić information content (AvgIpc) is 2.74. The summed E-state index contributed by atoms with van der Waals surface area (Å²) in [5, 5.41) is 9.90. The van der Waals surface area contributed by atoms with Gasteiger partial charge in [0, 0.05) is 22.4 Å². The number of carbonyl (C=O) groups excluding carboxylic acids is 1. The first-order chi connectivity index (χ1) is 14.6. The Morgan fingerprint density at radius 3 is 2.37 bits per heavy atom. The van der Waals surface area contributed by atoms with Gasteiger partial charge in [0.05, 0.1) is 5.52 Å². The van der Waals surface area contributed by atoms with Crippen molar-refractivity contribution in [2.24, 2.45) is 0 Å². The largest absolute Gasteiger partial charge is 0.340 e. The number of rotatable bonds is 5. The Morgan fingerprint density at radius 1 is 0.800 bits per heavy atom. The van der Waals surface area contributed by atoms with Crippen LogP contribution in [0, 0.1) is 0 Å². The zero-order valence-corrected chi connectivity index (χ0v) is 16.9. The molecule has 30 heavy (non-hydrogen) atoms. The molecule has 0 unspecified atom stereocenters. The molecule has 1 heterocycles. The van der Waals surface area contributed by atoms with Crippen molar-refractivity contribution in [3.05, 3.63) is 84.7 Å². The molecule has 0 radical (unpaired) electrons. The van der Waals surface area contributed by atoms with Crippen LogP contribution in [0.3, 0.4) is 0 Å². The summed E-state index contributed by atoms with van der Waals surface area (Å²) in [6.45, 7) is 4.34. The molecular formula is C24H23N5O. The van der Waals surface area contributed by atoms with E-state index >= 15 is 0 Å². The van der Waals surface area contributed by atoms with E-state index in [-0.39, 0.29) is 6.03 Å². The number of carbonyl (C=O) groups is 1. The molecule has 3 N–H and O–H groups in total. The van der Waals surface area contributed by atoms with Crippen LogP contribution < -0.4 is 16.0 Å². The van der Waals surface area contributed by atoms with Crippen LogP contribution in [0.5, 0.6) is 0 Å². The lowest BCUT2D eigenvalue weighted by atomic mass is 10.0. The highest BCUT2D eigenvalue weighted by Crippen LogP contribution is 2.27. The molecule has 0 fully saturated rings. The lowest BCUT2D eigenvalue weighted by Crippen LogP contribution is -2.19. The van der Waals surface area contributed by atoms with E-state index in [1.807, 2.05) is 60.7 Å². The topological polar surface area (TPSA) is 78.9 Å². The van der Waals surface area contributed by atoms with Crippen LogP contribution in [0.4, 0.5) is 27.7 Å². The van der Waals surface area contributed by atoms with Gasteiger partial charge in [-0.25, -0.2) is 14.8 Å². The predicted octanol–water partition coefficient (Wildman–Crippen LogP) is 6.14. The second-order valence-corrected chi connectivity index (χ2v) is 7.30. The van der Waals surface area contributed by atoms with E-state index in [4.69, 9.17) is 0 Å². The molecule has 0 saturated carbocycles. The second-order valence-electron chi connectivity index (χ2n) is 7.30. The van der Waals surface area contributed by atoms with Gasteiger partial charge in [0.2, 0.25) is 0 Å². The van der Waals surface area contributed by atoms with E-state index in [1.54, 1.807) is 0 Å². The SMILES string of the molecule is CC(C)c1cccc(Nc2ncnc3cc(NC(=O)Nc4ccccc4)ccc23)c1. The zero-order valence-electron chi connectivity index (χ0n) is 16.9. The number of nitrogens with zero attached hydrogens (tertiary/aromatic N) is 2. The minimum atomic E-state index is -0.307. The Morgan fingerprint density at radius 2 is 1.57 bits per heavy atom. The highest BCUT2D eigenvalue weighted by Gasteiger charge is 2.08. The molecule has 150 valence electrons. The van der Waals surface area contributed by atoms with Gasteiger partial charge in [0.15, 0.2) is 0 Å². The molecule has 1 aromatic heterocycles. The van der Waals surface area contributed by atoms with E-state index in [1.165, 1.54) is 11.9 Å². The number of urea groups is 1. The quantitative estimate of drug-likeness (QED) is 0.378. The lowest BCUT2D eigenvalue weighted by molar-refractivity contribution is 0.262. The van der Waals surface area contributed by atoms with Gasteiger partial charge in [0.1, 0.15) is 12.1 Å². The Balaban J connectivity index is 1.53. The Bertz CT molecular complexity index is 1170. The van der Waals surface area contributed by atoms with Crippen molar-refractivity contribution in [1.29, 1.82) is 0 Å². The third-order valence-electron chi connectivity index (χ3n) is 4.74. The fourth-order valence-corrected chi connectivity index (χ4v) is 3.16. The number of amides is 2. The van der Waals surface area contributed by atoms with Gasteiger partial charge < -0.3 is 16.0 Å². The van der Waals surface area contributed by atoms with E-state index < -0.39 is 0 Å². The first kappa shape index (κ1) is 19.4. The molecule has 4 rings (SSSR count). The second kappa shape index (κ2) is 8.61. The van der Waals surface area contributed by atoms with Gasteiger partial charge in [-0.2, -0.15) is 0 Å². The van der Waals surface area contributed by atoms with Crippen molar-refractivity contribution in [2.45, 2.75) is 19.8 Å². The summed E-state index contributed by atoms with van der Waals surface area (Å²) in [6.07, 6.45) is 1.52. The van der Waals surface area contributed by atoms with Crippen LogP contribution in [0.1, 0.15) is 25.3 Å². The number of anilines is 4. The van der Waals surface area contributed by atoms with Crippen LogP contribution in [-0.2, 0) is 0 Å². The monoisotopic (exact) mass is 397 g/mol. The maximum Gasteiger partial charge on any atom is 0.323 e. The third kappa shape index (κ3) is 4.55. The summed E-state index contributed by atoms with van der Waals surface area (Å²) in [5.41, 5.74) is 4.36. The van der Waals surface area contributed by atoms with Gasteiger partial charge in [-0.3, -0.25) is 0 Å². The number of para-hydroxylation sites is 1. The van der Waals surface area contributed by atoms with Crippen molar-refractivity contribution in [3.8, 4) is 0 Å². The molecule has 0 bridgehead atoms. The minimum absolute atomic E-state index is 0.307. The lowest BCUT2D eigenvalue weighted by Gasteiger charge is -2.12. The van der Waals surface area contributed by atoms with Crippen molar-refractivity contribution in [2.75, 3.05) is 16.0 Å². The van der Waals surface area contributed by atoms with E-state index in [9.17, 15) is 4.79 Å². The maximum atomic E-state index is 12.2. The van der Waals surface area contributed by atoms with E-state index in [0.717, 1.165) is 28.1 Å². The van der Waals surface area contributed by atoms with Gasteiger partial charge in [-0.15, -0.1) is 0 Å².